The maximum absolute atomic E-state index is 11.1. The SMILES string of the molecule is CCCCC.CCCCC1(O)CCCC(=O)C1.Cc1ccc(C#N)cc1C. The van der Waals surface area contributed by atoms with Gasteiger partial charge in [-0.2, -0.15) is 5.26 Å². The van der Waals surface area contributed by atoms with Crippen molar-refractivity contribution in [1.29, 1.82) is 5.26 Å². The summed E-state index contributed by atoms with van der Waals surface area (Å²) in [5, 5.41) is 18.5. The van der Waals surface area contributed by atoms with Crippen molar-refractivity contribution in [2.24, 2.45) is 0 Å². The van der Waals surface area contributed by atoms with E-state index in [-0.39, 0.29) is 5.78 Å². The topological polar surface area (TPSA) is 61.1 Å². The van der Waals surface area contributed by atoms with Crippen LogP contribution >= 0.6 is 0 Å². The van der Waals surface area contributed by atoms with Crippen LogP contribution < -0.4 is 0 Å². The number of hydrogen-bond donors (Lipinski definition) is 1. The van der Waals surface area contributed by atoms with Gasteiger partial charge in [0.25, 0.3) is 0 Å². The summed E-state index contributed by atoms with van der Waals surface area (Å²) in [6, 6.07) is 7.79. The number of carbonyl (C=O) groups is 1. The lowest BCUT2D eigenvalue weighted by Crippen LogP contribution is -2.35. The van der Waals surface area contributed by atoms with Crippen LogP contribution in [-0.2, 0) is 4.79 Å². The van der Waals surface area contributed by atoms with E-state index in [9.17, 15) is 9.90 Å². The van der Waals surface area contributed by atoms with Gasteiger partial charge in [0.2, 0.25) is 0 Å². The number of carbonyl (C=O) groups excluding carboxylic acids is 1. The molecule has 0 aliphatic heterocycles. The third kappa shape index (κ3) is 11.6. The Kier molecular flexibility index (Phi) is 13.5. The number of unbranched alkanes of at least 4 members (excludes halogenated alkanes) is 3. The van der Waals surface area contributed by atoms with Crippen molar-refractivity contribution < 1.29 is 9.90 Å². The molecule has 27 heavy (non-hydrogen) atoms. The maximum atomic E-state index is 11.1. The molecule has 3 nitrogen and oxygen atoms in total. The smallest absolute Gasteiger partial charge is 0.135 e. The van der Waals surface area contributed by atoms with E-state index in [0.717, 1.165) is 37.7 Å². The molecule has 0 saturated heterocycles. The standard InChI is InChI=1S/C10H18O2.C9H9N.C5H12/c1-2-3-6-10(12)7-4-5-9(11)8-10;1-7-3-4-9(6-10)5-8(7)2;1-3-5-4-2/h12H,2-8H2,1H3;3-5H,1-2H3;3-5H2,1-2H3. The van der Waals surface area contributed by atoms with Crippen LogP contribution in [0.5, 0.6) is 0 Å². The Bertz CT molecular complexity index is 587. The number of ketones is 1. The second-order valence-electron chi connectivity index (χ2n) is 7.66. The summed E-state index contributed by atoms with van der Waals surface area (Å²) in [4.78, 5) is 11.1. The van der Waals surface area contributed by atoms with Crippen molar-refractivity contribution in [1.82, 2.24) is 0 Å². The van der Waals surface area contributed by atoms with E-state index in [1.165, 1.54) is 30.4 Å². The van der Waals surface area contributed by atoms with E-state index in [4.69, 9.17) is 5.26 Å². The molecule has 0 heterocycles. The van der Waals surface area contributed by atoms with Crippen molar-refractivity contribution in [3.63, 3.8) is 0 Å². The highest BCUT2D eigenvalue weighted by Crippen LogP contribution is 2.30. The normalized spacial score (nSPS) is 18.5. The molecule has 1 aromatic carbocycles. The van der Waals surface area contributed by atoms with Gasteiger partial charge in [-0.3, -0.25) is 4.79 Å². The van der Waals surface area contributed by atoms with E-state index in [1.807, 2.05) is 32.0 Å². The van der Waals surface area contributed by atoms with Gasteiger partial charge < -0.3 is 5.11 Å². The number of benzene rings is 1. The molecule has 1 saturated carbocycles. The molecule has 0 radical (unpaired) electrons. The van der Waals surface area contributed by atoms with Crippen molar-refractivity contribution >= 4 is 5.78 Å². The first kappa shape index (κ1) is 25.3. The molecular weight excluding hydrogens is 334 g/mol. The summed E-state index contributed by atoms with van der Waals surface area (Å²) in [6.45, 7) is 10.6. The molecule has 3 heteroatoms. The van der Waals surface area contributed by atoms with Crippen LogP contribution in [0.2, 0.25) is 0 Å². The first-order valence-electron chi connectivity index (χ1n) is 10.5. The van der Waals surface area contributed by atoms with Gasteiger partial charge in [0.15, 0.2) is 0 Å². The Labute approximate surface area is 166 Å². The van der Waals surface area contributed by atoms with E-state index in [0.29, 0.717) is 12.8 Å². The number of aryl methyl sites for hydroxylation is 2. The third-order valence-corrected chi connectivity index (χ3v) is 4.96. The van der Waals surface area contributed by atoms with Crippen molar-refractivity contribution in [2.45, 2.75) is 104 Å². The van der Waals surface area contributed by atoms with E-state index >= 15 is 0 Å². The molecular formula is C24H39NO2. The zero-order valence-electron chi connectivity index (χ0n) is 18.1. The minimum absolute atomic E-state index is 0.236. The van der Waals surface area contributed by atoms with Gasteiger partial charge in [-0.05, 0) is 56.4 Å². The van der Waals surface area contributed by atoms with Crippen LogP contribution in [0.1, 0.15) is 102 Å². The monoisotopic (exact) mass is 373 g/mol. The highest BCUT2D eigenvalue weighted by Gasteiger charge is 2.32. The minimum Gasteiger partial charge on any atom is -0.389 e. The fraction of sp³-hybridized carbons (Fsp3) is 0.667. The van der Waals surface area contributed by atoms with Gasteiger partial charge in [-0.1, -0.05) is 58.9 Å². The zero-order valence-corrected chi connectivity index (χ0v) is 18.1. The highest BCUT2D eigenvalue weighted by atomic mass is 16.3. The molecule has 1 fully saturated rings. The van der Waals surface area contributed by atoms with E-state index in [1.54, 1.807) is 0 Å². The predicted molar refractivity (Wildman–Crippen MR) is 114 cm³/mol. The molecule has 0 amide bonds. The average molecular weight is 374 g/mol. The Morgan fingerprint density at radius 3 is 2.15 bits per heavy atom. The van der Waals surface area contributed by atoms with Crippen LogP contribution in [-0.4, -0.2) is 16.5 Å². The molecule has 1 aliphatic rings. The third-order valence-electron chi connectivity index (χ3n) is 4.96. The van der Waals surface area contributed by atoms with Crippen LogP contribution in [0, 0.1) is 25.2 Å². The van der Waals surface area contributed by atoms with Crippen LogP contribution in [0.25, 0.3) is 0 Å². The summed E-state index contributed by atoms with van der Waals surface area (Å²) >= 11 is 0. The Hall–Kier alpha value is -1.66. The molecule has 0 bridgehead atoms. The van der Waals surface area contributed by atoms with E-state index < -0.39 is 5.60 Å². The van der Waals surface area contributed by atoms with E-state index in [2.05, 4.69) is 26.8 Å². The average Bonchev–Trinajstić information content (AvgIpc) is 2.64. The largest absolute Gasteiger partial charge is 0.389 e. The molecule has 1 N–H and O–H groups in total. The number of rotatable bonds is 5. The fourth-order valence-electron chi connectivity index (χ4n) is 3.04. The van der Waals surface area contributed by atoms with Gasteiger partial charge >= 0.3 is 0 Å². The lowest BCUT2D eigenvalue weighted by atomic mass is 9.81. The minimum atomic E-state index is -0.647. The first-order chi connectivity index (χ1) is 12.8. The first-order valence-corrected chi connectivity index (χ1v) is 10.5. The maximum Gasteiger partial charge on any atom is 0.135 e. The van der Waals surface area contributed by atoms with Crippen molar-refractivity contribution in [2.75, 3.05) is 0 Å². The predicted octanol–water partition coefficient (Wildman–Crippen LogP) is 6.42. The number of nitrogens with zero attached hydrogens (tertiary/aromatic N) is 1. The highest BCUT2D eigenvalue weighted by molar-refractivity contribution is 5.80. The number of nitriles is 1. The summed E-state index contributed by atoms with van der Waals surface area (Å²) in [5.74, 6) is 0.236. The molecule has 0 aromatic heterocycles. The van der Waals surface area contributed by atoms with Crippen LogP contribution in [0.15, 0.2) is 18.2 Å². The van der Waals surface area contributed by atoms with Crippen molar-refractivity contribution in [3.8, 4) is 6.07 Å². The summed E-state index contributed by atoms with van der Waals surface area (Å²) in [6.07, 6.45) is 9.77. The molecule has 1 unspecified atom stereocenters. The summed E-state index contributed by atoms with van der Waals surface area (Å²) in [5.41, 5.74) is 2.51. The zero-order chi connectivity index (χ0) is 20.7. The molecule has 152 valence electrons. The summed E-state index contributed by atoms with van der Waals surface area (Å²) < 4.78 is 0. The van der Waals surface area contributed by atoms with Gasteiger partial charge in [0.05, 0.1) is 17.2 Å². The number of Topliss-reactive ketones (excluding diaryl/α,β-unsaturated/α-hetero) is 1. The quantitative estimate of drug-likeness (QED) is 0.647. The van der Waals surface area contributed by atoms with Gasteiger partial charge in [-0.25, -0.2) is 0 Å². The number of hydrogen-bond acceptors (Lipinski definition) is 3. The molecule has 1 aliphatic carbocycles. The van der Waals surface area contributed by atoms with Gasteiger partial charge in [0.1, 0.15) is 5.78 Å². The molecule has 1 aromatic rings. The molecule has 1 atom stereocenters. The lowest BCUT2D eigenvalue weighted by Gasteiger charge is -2.31. The van der Waals surface area contributed by atoms with Crippen molar-refractivity contribution in [3.05, 3.63) is 34.9 Å². The fourth-order valence-corrected chi connectivity index (χ4v) is 3.04. The second-order valence-corrected chi connectivity index (χ2v) is 7.66. The number of aliphatic hydroxyl groups is 1. The van der Waals surface area contributed by atoms with Crippen LogP contribution in [0.4, 0.5) is 0 Å². The Morgan fingerprint density at radius 1 is 1.07 bits per heavy atom. The molecule has 2 rings (SSSR count). The Morgan fingerprint density at radius 2 is 1.70 bits per heavy atom. The van der Waals surface area contributed by atoms with Gasteiger partial charge in [0, 0.05) is 12.8 Å². The summed E-state index contributed by atoms with van der Waals surface area (Å²) in [7, 11) is 0. The lowest BCUT2D eigenvalue weighted by molar-refractivity contribution is -0.128. The Balaban J connectivity index is 0.000000408. The van der Waals surface area contributed by atoms with Gasteiger partial charge in [-0.15, -0.1) is 0 Å². The van der Waals surface area contributed by atoms with Crippen LogP contribution in [0.3, 0.4) is 0 Å². The second kappa shape index (κ2) is 14.4. The molecule has 0 spiro atoms.